The number of nitrogens with two attached hydrogens (primary N) is 1. The number of carbonyl (C=O) groups is 1. The zero-order valence-electron chi connectivity index (χ0n) is 14.1. The highest BCUT2D eigenvalue weighted by molar-refractivity contribution is 5.94. The van der Waals surface area contributed by atoms with Crippen LogP contribution in [-0.2, 0) is 0 Å². The highest BCUT2D eigenvalue weighted by Gasteiger charge is 2.20. The van der Waals surface area contributed by atoms with Crippen molar-refractivity contribution >= 4 is 16.9 Å². The number of nitrogens with zero attached hydrogens (tertiary/aromatic N) is 2. The number of rotatable bonds is 3. The Morgan fingerprint density at radius 1 is 1.04 bits per heavy atom. The van der Waals surface area contributed by atoms with Gasteiger partial charge in [0, 0.05) is 23.3 Å². The van der Waals surface area contributed by atoms with Crippen LogP contribution >= 0.6 is 0 Å². The van der Waals surface area contributed by atoms with Crippen molar-refractivity contribution in [2.24, 2.45) is 5.73 Å². The van der Waals surface area contributed by atoms with Crippen molar-refractivity contribution in [1.82, 2.24) is 14.9 Å². The first-order valence-electron chi connectivity index (χ1n) is 8.80. The Kier molecular flexibility index (Phi) is 4.24. The van der Waals surface area contributed by atoms with Crippen molar-refractivity contribution in [3.05, 3.63) is 60.4 Å². The van der Waals surface area contributed by atoms with Crippen molar-refractivity contribution in [3.8, 4) is 5.69 Å². The molecule has 1 heterocycles. The Morgan fingerprint density at radius 3 is 2.52 bits per heavy atom. The summed E-state index contributed by atoms with van der Waals surface area (Å²) >= 11 is 0. The van der Waals surface area contributed by atoms with Crippen LogP contribution in [0, 0.1) is 0 Å². The van der Waals surface area contributed by atoms with E-state index in [2.05, 4.69) is 10.3 Å². The summed E-state index contributed by atoms with van der Waals surface area (Å²) in [6.07, 6.45) is 5.71. The lowest BCUT2D eigenvalue weighted by Gasteiger charge is -2.26. The number of hydrogen-bond donors (Lipinski definition) is 2. The van der Waals surface area contributed by atoms with Crippen LogP contribution in [0.1, 0.15) is 36.0 Å². The Balaban J connectivity index is 1.49. The van der Waals surface area contributed by atoms with E-state index in [0.29, 0.717) is 5.56 Å². The van der Waals surface area contributed by atoms with Gasteiger partial charge < -0.3 is 11.1 Å². The van der Waals surface area contributed by atoms with Crippen LogP contribution in [0.5, 0.6) is 0 Å². The number of aromatic nitrogens is 2. The van der Waals surface area contributed by atoms with E-state index in [0.717, 1.165) is 42.4 Å². The van der Waals surface area contributed by atoms with Gasteiger partial charge in [0.1, 0.15) is 6.33 Å². The summed E-state index contributed by atoms with van der Waals surface area (Å²) in [6, 6.07) is 16.2. The van der Waals surface area contributed by atoms with Crippen LogP contribution in [0.25, 0.3) is 16.7 Å². The third-order valence-corrected chi connectivity index (χ3v) is 4.97. The highest BCUT2D eigenvalue weighted by atomic mass is 16.1. The predicted molar refractivity (Wildman–Crippen MR) is 98.8 cm³/mol. The van der Waals surface area contributed by atoms with Gasteiger partial charge in [-0.3, -0.25) is 9.36 Å². The number of para-hydroxylation sites is 2. The number of imidazole rings is 1. The van der Waals surface area contributed by atoms with E-state index < -0.39 is 0 Å². The van der Waals surface area contributed by atoms with Gasteiger partial charge in [-0.05, 0) is 62.1 Å². The number of nitrogens with one attached hydrogen (secondary N) is 1. The van der Waals surface area contributed by atoms with E-state index in [9.17, 15) is 4.79 Å². The molecular weight excluding hydrogens is 312 g/mol. The Morgan fingerprint density at radius 2 is 1.76 bits per heavy atom. The van der Waals surface area contributed by atoms with Crippen molar-refractivity contribution < 1.29 is 4.79 Å². The minimum absolute atomic E-state index is 0.0116. The normalized spacial score (nSPS) is 20.5. The number of fused-ring (bicyclic) bond motifs is 1. The number of carbonyl (C=O) groups excluding carboxylic acids is 1. The van der Waals surface area contributed by atoms with Crippen molar-refractivity contribution in [1.29, 1.82) is 0 Å². The molecule has 2 aromatic carbocycles. The monoisotopic (exact) mass is 334 g/mol. The van der Waals surface area contributed by atoms with Crippen LogP contribution in [-0.4, -0.2) is 27.5 Å². The molecule has 1 saturated carbocycles. The van der Waals surface area contributed by atoms with E-state index in [1.165, 1.54) is 0 Å². The molecule has 5 heteroatoms. The van der Waals surface area contributed by atoms with Gasteiger partial charge in [-0.2, -0.15) is 0 Å². The molecule has 128 valence electrons. The van der Waals surface area contributed by atoms with Crippen LogP contribution in [0.15, 0.2) is 54.9 Å². The molecule has 25 heavy (non-hydrogen) atoms. The summed E-state index contributed by atoms with van der Waals surface area (Å²) in [4.78, 5) is 16.9. The second-order valence-corrected chi connectivity index (χ2v) is 6.74. The maximum absolute atomic E-state index is 12.4. The third kappa shape index (κ3) is 3.28. The third-order valence-electron chi connectivity index (χ3n) is 4.97. The van der Waals surface area contributed by atoms with Crippen molar-refractivity contribution in [3.63, 3.8) is 0 Å². The molecule has 0 saturated heterocycles. The topological polar surface area (TPSA) is 72.9 Å². The minimum atomic E-state index is -0.0116. The molecule has 0 radical (unpaired) electrons. The molecule has 1 aromatic heterocycles. The van der Waals surface area contributed by atoms with E-state index in [1.807, 2.05) is 59.4 Å². The fourth-order valence-electron chi connectivity index (χ4n) is 3.47. The summed E-state index contributed by atoms with van der Waals surface area (Å²) in [6.45, 7) is 0. The largest absolute Gasteiger partial charge is 0.349 e. The summed E-state index contributed by atoms with van der Waals surface area (Å²) in [5.74, 6) is -0.0116. The molecule has 4 rings (SSSR count). The molecule has 0 aliphatic heterocycles. The van der Waals surface area contributed by atoms with Crippen LogP contribution in [0.3, 0.4) is 0 Å². The van der Waals surface area contributed by atoms with Gasteiger partial charge in [-0.1, -0.05) is 12.1 Å². The lowest BCUT2D eigenvalue weighted by Crippen LogP contribution is -2.40. The van der Waals surface area contributed by atoms with Gasteiger partial charge in [0.05, 0.1) is 11.0 Å². The lowest BCUT2D eigenvalue weighted by atomic mass is 9.91. The molecule has 0 unspecified atom stereocenters. The first-order valence-corrected chi connectivity index (χ1v) is 8.80. The van der Waals surface area contributed by atoms with Gasteiger partial charge in [0.25, 0.3) is 5.91 Å². The molecule has 1 amide bonds. The fraction of sp³-hybridized carbons (Fsp3) is 0.300. The van der Waals surface area contributed by atoms with Gasteiger partial charge >= 0.3 is 0 Å². The van der Waals surface area contributed by atoms with Gasteiger partial charge in [0.15, 0.2) is 0 Å². The summed E-state index contributed by atoms with van der Waals surface area (Å²) < 4.78 is 2.03. The zero-order chi connectivity index (χ0) is 17.2. The highest BCUT2D eigenvalue weighted by Crippen LogP contribution is 2.20. The summed E-state index contributed by atoms with van der Waals surface area (Å²) in [5, 5.41) is 3.13. The Hall–Kier alpha value is -2.66. The smallest absolute Gasteiger partial charge is 0.251 e. The van der Waals surface area contributed by atoms with E-state index in [-0.39, 0.29) is 18.0 Å². The van der Waals surface area contributed by atoms with E-state index in [1.54, 1.807) is 0 Å². The molecule has 5 nitrogen and oxygen atoms in total. The predicted octanol–water partition coefficient (Wildman–Crippen LogP) is 3.03. The minimum Gasteiger partial charge on any atom is -0.349 e. The van der Waals surface area contributed by atoms with Crippen LogP contribution in [0.2, 0.25) is 0 Å². The Bertz CT molecular complexity index is 876. The molecule has 3 N–H and O–H groups in total. The SMILES string of the molecule is NC1CCC(NC(=O)c2ccc(-n3cnc4ccccc43)cc2)CC1. The first-order chi connectivity index (χ1) is 12.2. The molecule has 0 spiro atoms. The standard InChI is InChI=1S/C20H22N4O/c21-15-7-9-16(10-8-15)23-20(25)14-5-11-17(12-6-14)24-13-22-18-3-1-2-4-19(18)24/h1-6,11-13,15-16H,7-10,21H2,(H,23,25). The molecular formula is C20H22N4O. The molecule has 1 fully saturated rings. The second kappa shape index (κ2) is 6.69. The maximum atomic E-state index is 12.4. The van der Waals surface area contributed by atoms with E-state index >= 15 is 0 Å². The summed E-state index contributed by atoms with van der Waals surface area (Å²) in [7, 11) is 0. The molecule has 3 aromatic rings. The van der Waals surface area contributed by atoms with Gasteiger partial charge in [-0.25, -0.2) is 4.98 Å². The average molecular weight is 334 g/mol. The molecule has 1 aliphatic rings. The van der Waals surface area contributed by atoms with Gasteiger partial charge in [-0.15, -0.1) is 0 Å². The molecule has 0 atom stereocenters. The fourth-order valence-corrected chi connectivity index (χ4v) is 3.47. The second-order valence-electron chi connectivity index (χ2n) is 6.74. The van der Waals surface area contributed by atoms with E-state index in [4.69, 9.17) is 5.73 Å². The van der Waals surface area contributed by atoms with Crippen LogP contribution in [0.4, 0.5) is 0 Å². The van der Waals surface area contributed by atoms with Crippen molar-refractivity contribution in [2.45, 2.75) is 37.8 Å². The zero-order valence-corrected chi connectivity index (χ0v) is 14.1. The lowest BCUT2D eigenvalue weighted by molar-refractivity contribution is 0.0926. The number of amides is 1. The van der Waals surface area contributed by atoms with Crippen molar-refractivity contribution in [2.75, 3.05) is 0 Å². The first kappa shape index (κ1) is 15.8. The Labute approximate surface area is 146 Å². The maximum Gasteiger partial charge on any atom is 0.251 e. The van der Waals surface area contributed by atoms with Crippen LogP contribution < -0.4 is 11.1 Å². The molecule has 1 aliphatic carbocycles. The molecule has 0 bridgehead atoms. The quantitative estimate of drug-likeness (QED) is 0.773. The van der Waals surface area contributed by atoms with Gasteiger partial charge in [0.2, 0.25) is 0 Å². The summed E-state index contributed by atoms with van der Waals surface area (Å²) in [5.41, 5.74) is 9.61. The average Bonchev–Trinajstić information content (AvgIpc) is 3.08. The number of benzene rings is 2. The number of hydrogen-bond acceptors (Lipinski definition) is 3.